The van der Waals surface area contributed by atoms with Gasteiger partial charge in [-0.2, -0.15) is 0 Å². The van der Waals surface area contributed by atoms with Crippen LogP contribution >= 0.6 is 0 Å². The Labute approximate surface area is 284 Å². The highest BCUT2D eigenvalue weighted by Crippen LogP contribution is 2.54. The summed E-state index contributed by atoms with van der Waals surface area (Å²) in [5.74, 6) is 0. The first-order valence-electron chi connectivity index (χ1n) is 19.3. The fraction of sp³-hybridized carbons (Fsp3) is 0.674. The summed E-state index contributed by atoms with van der Waals surface area (Å²) in [7, 11) is -2.92. The van der Waals surface area contributed by atoms with E-state index in [1.165, 1.54) is 121 Å². The van der Waals surface area contributed by atoms with Crippen LogP contribution in [0.1, 0.15) is 156 Å². The largest absolute Gasteiger partial charge is 0.0924 e. The Morgan fingerprint density at radius 3 is 1.58 bits per heavy atom. The molecule has 2 heteroatoms. The zero-order valence-electron chi connectivity index (χ0n) is 31.4. The maximum Gasteiger partial charge on any atom is 0.0924 e. The molecule has 0 N–H and O–H groups in total. The Kier molecular flexibility index (Phi) is 15.9. The molecule has 2 unspecified atom stereocenters. The van der Waals surface area contributed by atoms with E-state index in [9.17, 15) is 0 Å². The fourth-order valence-corrected chi connectivity index (χ4v) is 15.1. The molecule has 0 radical (unpaired) electrons. The molecule has 1 aromatic carbocycles. The first kappa shape index (κ1) is 38.1. The molecule has 2 atom stereocenters. The van der Waals surface area contributed by atoms with E-state index in [1.54, 1.807) is 32.7 Å². The number of hydrogen-bond acceptors (Lipinski definition) is 0. The second kappa shape index (κ2) is 18.8. The van der Waals surface area contributed by atoms with Crippen molar-refractivity contribution in [1.29, 1.82) is 0 Å². The highest BCUT2D eigenvalue weighted by Gasteiger charge is 2.46. The summed E-state index contributed by atoms with van der Waals surface area (Å²) in [4.78, 5) is 0. The van der Waals surface area contributed by atoms with Crippen molar-refractivity contribution in [3.8, 4) is 0 Å². The van der Waals surface area contributed by atoms with Gasteiger partial charge < -0.3 is 0 Å². The number of benzene rings is 1. The molecule has 0 aliphatic heterocycles. The van der Waals surface area contributed by atoms with E-state index in [1.807, 2.05) is 0 Å². The predicted molar refractivity (Wildman–Crippen MR) is 211 cm³/mol. The summed E-state index contributed by atoms with van der Waals surface area (Å²) in [6, 6.07) is 7.84. The first-order chi connectivity index (χ1) is 21.5. The van der Waals surface area contributed by atoms with Gasteiger partial charge in [-0.15, -0.1) is 0 Å². The van der Waals surface area contributed by atoms with Crippen molar-refractivity contribution < 1.29 is 0 Å². The van der Waals surface area contributed by atoms with Crippen LogP contribution in [0.3, 0.4) is 0 Å². The molecule has 0 saturated heterocycles. The minimum absolute atomic E-state index is 0.313. The van der Waals surface area contributed by atoms with Gasteiger partial charge in [0, 0.05) is 0 Å². The van der Waals surface area contributed by atoms with Gasteiger partial charge in [0.15, 0.2) is 0 Å². The maximum atomic E-state index is 2.71. The smallest absolute Gasteiger partial charge is 0.0840 e. The molecule has 0 fully saturated rings. The van der Waals surface area contributed by atoms with Crippen molar-refractivity contribution in [2.24, 2.45) is 0 Å². The molecule has 0 heterocycles. The molecule has 0 spiro atoms. The van der Waals surface area contributed by atoms with E-state index < -0.39 is 16.9 Å². The van der Waals surface area contributed by atoms with Crippen LogP contribution in [0.25, 0.3) is 0 Å². The molecule has 45 heavy (non-hydrogen) atoms. The molecule has 0 aromatic heterocycles. The highest BCUT2D eigenvalue weighted by atomic mass is 28.3. The Balaban J connectivity index is 1.61. The average Bonchev–Trinajstić information content (AvgIpc) is 3.19. The number of allylic oxidation sites excluding steroid dienone is 8. The molecule has 0 nitrogen and oxygen atoms in total. The van der Waals surface area contributed by atoms with Gasteiger partial charge >= 0.3 is 0 Å². The highest BCUT2D eigenvalue weighted by molar-refractivity contribution is 6.89. The van der Waals surface area contributed by atoms with Crippen molar-refractivity contribution in [3.63, 3.8) is 0 Å². The van der Waals surface area contributed by atoms with Crippen molar-refractivity contribution in [3.05, 3.63) is 70.4 Å². The van der Waals surface area contributed by atoms with Crippen LogP contribution in [0.2, 0.25) is 30.2 Å². The molecule has 0 saturated carbocycles. The fourth-order valence-electron chi connectivity index (χ4n) is 8.42. The summed E-state index contributed by atoms with van der Waals surface area (Å²) < 4.78 is 0. The third kappa shape index (κ3) is 11.1. The Hall–Kier alpha value is -1.39. The number of rotatable bonds is 21. The van der Waals surface area contributed by atoms with Crippen LogP contribution in [0, 0.1) is 6.92 Å². The second-order valence-corrected chi connectivity index (χ2v) is 24.7. The minimum Gasteiger partial charge on any atom is -0.0840 e. The third-order valence-corrected chi connectivity index (χ3v) is 18.3. The number of hydrogen-bond donors (Lipinski definition) is 0. The zero-order chi connectivity index (χ0) is 32.9. The van der Waals surface area contributed by atoms with E-state index in [0.717, 1.165) is 0 Å². The lowest BCUT2D eigenvalue weighted by Gasteiger charge is -2.43. The van der Waals surface area contributed by atoms with Crippen LogP contribution in [0.15, 0.2) is 64.8 Å². The number of aryl methyl sites for hydroxylation is 1. The van der Waals surface area contributed by atoms with Gasteiger partial charge in [-0.1, -0.05) is 199 Å². The Morgan fingerprint density at radius 2 is 1.13 bits per heavy atom. The summed E-state index contributed by atoms with van der Waals surface area (Å²) in [5.41, 5.74) is 8.60. The standard InChI is InChI=1S/C43H72Si2/c1-10-11-12-13-14-15-16-17-18-19-20-21-22-23-24-26-29-43(30-27-25-28-31-43)44(42-38(5)36(3)37(4)39(42)6)40-32-35(2)33-41(34-40)45(7,8)9/h25,27-28,30,32-34,42,44H,10-24,26,29,31H2,1-9H3. The van der Waals surface area contributed by atoms with Crippen LogP contribution in [0.5, 0.6) is 0 Å². The topological polar surface area (TPSA) is 0 Å². The average molecular weight is 645 g/mol. The molecular weight excluding hydrogens is 573 g/mol. The van der Waals surface area contributed by atoms with Gasteiger partial charge in [0.1, 0.15) is 0 Å². The first-order valence-corrected chi connectivity index (χ1v) is 24.7. The van der Waals surface area contributed by atoms with Crippen molar-refractivity contribution >= 4 is 27.2 Å². The van der Waals surface area contributed by atoms with Crippen LogP contribution in [-0.4, -0.2) is 16.9 Å². The van der Waals surface area contributed by atoms with E-state index in [2.05, 4.69) is 104 Å². The van der Waals surface area contributed by atoms with Crippen LogP contribution in [-0.2, 0) is 0 Å². The summed E-state index contributed by atoms with van der Waals surface area (Å²) in [6.07, 6.45) is 35.5. The van der Waals surface area contributed by atoms with Crippen LogP contribution < -0.4 is 10.4 Å². The van der Waals surface area contributed by atoms with Gasteiger partial charge in [0.05, 0.1) is 16.9 Å². The lowest BCUT2D eigenvalue weighted by molar-refractivity contribution is 0.508. The SMILES string of the molecule is CCCCCCCCCCCCCCCCCCC1([SiH](c2cc(C)cc([Si](C)(C)C)c2)C2C(C)=C(C)C(C)=C2C)C=CC=CC1. The van der Waals surface area contributed by atoms with Crippen molar-refractivity contribution in [2.75, 3.05) is 0 Å². The molecule has 0 amide bonds. The van der Waals surface area contributed by atoms with Gasteiger partial charge in [0.25, 0.3) is 0 Å². The third-order valence-electron chi connectivity index (χ3n) is 11.6. The van der Waals surface area contributed by atoms with Gasteiger partial charge in [0.2, 0.25) is 0 Å². The minimum atomic E-state index is -1.51. The second-order valence-electron chi connectivity index (χ2n) is 16.2. The normalized spacial score (nSPS) is 19.8. The van der Waals surface area contributed by atoms with Gasteiger partial charge in [-0.3, -0.25) is 0 Å². The molecule has 2 aliphatic rings. The van der Waals surface area contributed by atoms with Crippen molar-refractivity contribution in [2.45, 2.75) is 187 Å². The lowest BCUT2D eigenvalue weighted by Crippen LogP contribution is -2.49. The zero-order valence-corrected chi connectivity index (χ0v) is 33.6. The van der Waals surface area contributed by atoms with Crippen LogP contribution in [0.4, 0.5) is 0 Å². The van der Waals surface area contributed by atoms with Gasteiger partial charge in [-0.05, 0) is 69.2 Å². The maximum absolute atomic E-state index is 2.71. The van der Waals surface area contributed by atoms with E-state index in [4.69, 9.17) is 0 Å². The summed E-state index contributed by atoms with van der Waals surface area (Å²) in [5, 5.41) is 3.69. The molecular formula is C43H72Si2. The van der Waals surface area contributed by atoms with E-state index in [-0.39, 0.29) is 0 Å². The molecule has 2 aliphatic carbocycles. The lowest BCUT2D eigenvalue weighted by atomic mass is 9.92. The number of unbranched alkanes of at least 4 members (excludes halogenated alkanes) is 15. The predicted octanol–water partition coefficient (Wildman–Crippen LogP) is 12.9. The monoisotopic (exact) mass is 645 g/mol. The summed E-state index contributed by atoms with van der Waals surface area (Å²) in [6.45, 7) is 22.0. The van der Waals surface area contributed by atoms with E-state index in [0.29, 0.717) is 10.6 Å². The van der Waals surface area contributed by atoms with Gasteiger partial charge in [-0.25, -0.2) is 0 Å². The molecule has 252 valence electrons. The molecule has 3 rings (SSSR count). The van der Waals surface area contributed by atoms with E-state index >= 15 is 0 Å². The Bertz CT molecular complexity index is 1150. The van der Waals surface area contributed by atoms with Crippen molar-refractivity contribution in [1.82, 2.24) is 0 Å². The molecule has 1 aromatic rings. The molecule has 0 bridgehead atoms. The quantitative estimate of drug-likeness (QED) is 0.0922. The Morgan fingerprint density at radius 1 is 0.644 bits per heavy atom. The summed E-state index contributed by atoms with van der Waals surface area (Å²) >= 11 is 0.